The van der Waals surface area contributed by atoms with Crippen molar-refractivity contribution < 1.29 is 24.0 Å². The second-order valence-electron chi connectivity index (χ2n) is 8.51. The molecule has 0 radical (unpaired) electrons. The molecule has 160 valence electrons. The van der Waals surface area contributed by atoms with Gasteiger partial charge in [-0.25, -0.2) is 9.86 Å². The van der Waals surface area contributed by atoms with E-state index in [-0.39, 0.29) is 31.4 Å². The molecule has 0 saturated heterocycles. The number of nitrogens with zero attached hydrogens (tertiary/aromatic N) is 5. The molecule has 0 fully saturated rings. The average Bonchev–Trinajstić information content (AvgIpc) is 2.95. The van der Waals surface area contributed by atoms with Crippen LogP contribution in [0.15, 0.2) is 0 Å². The number of hydrogen-bond donors (Lipinski definition) is 0. The highest BCUT2D eigenvalue weighted by Crippen LogP contribution is 2.27. The first-order chi connectivity index (χ1) is 13.5. The molecule has 2 aliphatic heterocycles. The van der Waals surface area contributed by atoms with Crippen molar-refractivity contribution in [2.45, 2.75) is 45.9 Å². The molecule has 2 aliphatic rings. The lowest BCUT2D eigenvalue weighted by atomic mass is 10.1. The van der Waals surface area contributed by atoms with Crippen LogP contribution in [-0.2, 0) is 33.9 Å². The summed E-state index contributed by atoms with van der Waals surface area (Å²) < 4.78 is 7.09. The van der Waals surface area contributed by atoms with Crippen molar-refractivity contribution in [1.82, 2.24) is 24.6 Å². The zero-order chi connectivity index (χ0) is 21.5. The number of fused-ring (bicyclic) bond motifs is 3. The van der Waals surface area contributed by atoms with Gasteiger partial charge in [0.15, 0.2) is 0 Å². The molecule has 0 N–H and O–H groups in total. The van der Waals surface area contributed by atoms with E-state index >= 15 is 0 Å². The van der Waals surface area contributed by atoms with E-state index in [4.69, 9.17) is 9.57 Å². The number of carbonyl (C=O) groups excluding carboxylic acids is 3. The molecule has 1 aromatic rings. The van der Waals surface area contributed by atoms with E-state index < -0.39 is 17.6 Å². The molecule has 29 heavy (non-hydrogen) atoms. The van der Waals surface area contributed by atoms with E-state index in [2.05, 4.69) is 5.10 Å². The Bertz CT molecular complexity index is 828. The molecule has 3 heterocycles. The molecule has 0 bridgehead atoms. The predicted molar refractivity (Wildman–Crippen MR) is 103 cm³/mol. The van der Waals surface area contributed by atoms with E-state index in [9.17, 15) is 14.4 Å². The zero-order valence-electron chi connectivity index (χ0n) is 17.9. The summed E-state index contributed by atoms with van der Waals surface area (Å²) in [6.07, 6.45) is 0.120. The summed E-state index contributed by atoms with van der Waals surface area (Å²) in [4.78, 5) is 46.3. The number of hydrogen-bond acceptors (Lipinski definition) is 6. The van der Waals surface area contributed by atoms with Gasteiger partial charge in [0.05, 0.1) is 31.8 Å². The quantitative estimate of drug-likeness (QED) is 0.676. The van der Waals surface area contributed by atoms with Gasteiger partial charge in [0.2, 0.25) is 0 Å². The largest absolute Gasteiger partial charge is 0.444 e. The average molecular weight is 407 g/mol. The minimum Gasteiger partial charge on any atom is -0.444 e. The fourth-order valence-electron chi connectivity index (χ4n) is 3.64. The second kappa shape index (κ2) is 7.66. The lowest BCUT2D eigenvalue weighted by Gasteiger charge is -2.30. The summed E-state index contributed by atoms with van der Waals surface area (Å²) in [6, 6.07) is 0. The van der Waals surface area contributed by atoms with Crippen LogP contribution in [0.3, 0.4) is 0 Å². The number of ether oxygens (including phenoxy) is 1. The Hall–Kier alpha value is -2.62. The molecule has 0 aliphatic carbocycles. The smallest absolute Gasteiger partial charge is 0.410 e. The molecule has 10 heteroatoms. The highest BCUT2D eigenvalue weighted by atomic mass is 16.7. The third-order valence-electron chi connectivity index (χ3n) is 5.12. The van der Waals surface area contributed by atoms with Gasteiger partial charge < -0.3 is 14.5 Å². The van der Waals surface area contributed by atoms with Crippen LogP contribution in [0.25, 0.3) is 0 Å². The first-order valence-electron chi connectivity index (χ1n) is 9.65. The summed E-state index contributed by atoms with van der Waals surface area (Å²) in [5.74, 6) is -0.900. The molecular weight excluding hydrogens is 378 g/mol. The second-order valence-corrected chi connectivity index (χ2v) is 8.51. The van der Waals surface area contributed by atoms with Crippen LogP contribution in [-0.4, -0.2) is 82.4 Å². The van der Waals surface area contributed by atoms with Crippen LogP contribution in [0.5, 0.6) is 0 Å². The van der Waals surface area contributed by atoms with E-state index in [0.717, 1.165) is 11.3 Å². The maximum Gasteiger partial charge on any atom is 0.410 e. The maximum absolute atomic E-state index is 13.1. The Morgan fingerprint density at radius 1 is 1.24 bits per heavy atom. The first-order valence-corrected chi connectivity index (χ1v) is 9.65. The normalized spacial score (nSPS) is 19.4. The summed E-state index contributed by atoms with van der Waals surface area (Å²) >= 11 is 0. The Kier molecular flexibility index (Phi) is 5.57. The molecule has 3 amide bonds. The van der Waals surface area contributed by atoms with Crippen LogP contribution >= 0.6 is 0 Å². The number of carbonyl (C=O) groups is 3. The van der Waals surface area contributed by atoms with Gasteiger partial charge >= 0.3 is 6.09 Å². The predicted octanol–water partition coefficient (Wildman–Crippen LogP) is 0.898. The molecule has 1 aromatic heterocycles. The maximum atomic E-state index is 13.1. The first kappa shape index (κ1) is 21.1. The summed E-state index contributed by atoms with van der Waals surface area (Å²) in [5, 5.41) is 5.77. The lowest BCUT2D eigenvalue weighted by Crippen LogP contribution is -2.41. The minimum absolute atomic E-state index is 0.208. The Morgan fingerprint density at radius 2 is 1.93 bits per heavy atom. The van der Waals surface area contributed by atoms with E-state index in [1.807, 2.05) is 20.8 Å². The van der Waals surface area contributed by atoms with Gasteiger partial charge in [0.25, 0.3) is 11.8 Å². The van der Waals surface area contributed by atoms with Crippen molar-refractivity contribution in [1.29, 1.82) is 0 Å². The molecule has 0 aromatic carbocycles. The third-order valence-corrected chi connectivity index (χ3v) is 5.12. The molecule has 1 unspecified atom stereocenters. The molecular formula is C19H29N5O5. The van der Waals surface area contributed by atoms with Crippen molar-refractivity contribution in [3.63, 3.8) is 0 Å². The minimum atomic E-state index is -0.593. The van der Waals surface area contributed by atoms with E-state index in [1.54, 1.807) is 23.7 Å². The topological polar surface area (TPSA) is 97.2 Å². The van der Waals surface area contributed by atoms with Gasteiger partial charge in [0.1, 0.15) is 11.3 Å². The molecule has 3 rings (SSSR count). The Morgan fingerprint density at radius 3 is 2.55 bits per heavy atom. The van der Waals surface area contributed by atoms with Crippen molar-refractivity contribution in [2.75, 3.05) is 34.3 Å². The van der Waals surface area contributed by atoms with Crippen molar-refractivity contribution >= 4 is 17.9 Å². The Labute approximate surface area is 170 Å². The van der Waals surface area contributed by atoms with Gasteiger partial charge in [-0.15, -0.1) is 0 Å². The third kappa shape index (κ3) is 4.21. The molecule has 0 saturated carbocycles. The van der Waals surface area contributed by atoms with Crippen molar-refractivity contribution in [3.8, 4) is 0 Å². The monoisotopic (exact) mass is 407 g/mol. The summed E-state index contributed by atoms with van der Waals surface area (Å²) in [7, 11) is 4.63. The van der Waals surface area contributed by atoms with Gasteiger partial charge in [-0.1, -0.05) is 0 Å². The molecule has 1 atom stereocenters. The summed E-state index contributed by atoms with van der Waals surface area (Å²) in [5.41, 5.74) is 1.36. The number of hydroxylamine groups is 2. The van der Waals surface area contributed by atoms with Gasteiger partial charge in [-0.05, 0) is 20.8 Å². The fourth-order valence-corrected chi connectivity index (χ4v) is 3.64. The van der Waals surface area contributed by atoms with Gasteiger partial charge in [-0.3, -0.25) is 19.1 Å². The molecule has 0 spiro atoms. The highest BCUT2D eigenvalue weighted by molar-refractivity contribution is 5.95. The fraction of sp³-hybridized carbons (Fsp3) is 0.684. The lowest BCUT2D eigenvalue weighted by molar-refractivity contribution is -0.174. The van der Waals surface area contributed by atoms with E-state index in [1.165, 1.54) is 17.1 Å². The van der Waals surface area contributed by atoms with Crippen LogP contribution in [0.2, 0.25) is 0 Å². The SMILES string of the molecule is CON(C)C(=O)C1CN(C)C(=O)c2c3c(nn2C1)CCN(C(=O)OC(C)(C)C)C3. The molecule has 10 nitrogen and oxygen atoms in total. The number of rotatable bonds is 2. The number of aromatic nitrogens is 2. The van der Waals surface area contributed by atoms with E-state index in [0.29, 0.717) is 18.7 Å². The number of amides is 3. The van der Waals surface area contributed by atoms with Crippen LogP contribution in [0.1, 0.15) is 42.5 Å². The van der Waals surface area contributed by atoms with Gasteiger partial charge in [-0.2, -0.15) is 5.10 Å². The van der Waals surface area contributed by atoms with Crippen LogP contribution < -0.4 is 0 Å². The van der Waals surface area contributed by atoms with Crippen molar-refractivity contribution in [3.05, 3.63) is 17.0 Å². The zero-order valence-corrected chi connectivity index (χ0v) is 17.9. The summed E-state index contributed by atoms with van der Waals surface area (Å²) in [6.45, 7) is 6.72. The highest BCUT2D eigenvalue weighted by Gasteiger charge is 2.37. The van der Waals surface area contributed by atoms with Crippen LogP contribution in [0.4, 0.5) is 4.79 Å². The standard InChI is InChI=1S/C19H29N5O5/c1-19(2,3)29-18(27)23-8-7-14-13(11-23)15-17(26)21(4)9-12(10-24(15)20-14)16(25)22(5)28-6/h12H,7-11H2,1-6H3. The Balaban J connectivity index is 1.90. The van der Waals surface area contributed by atoms with Crippen molar-refractivity contribution in [2.24, 2.45) is 5.92 Å². The van der Waals surface area contributed by atoms with Gasteiger partial charge in [0, 0.05) is 39.2 Å². The van der Waals surface area contributed by atoms with Crippen LogP contribution in [0, 0.1) is 5.92 Å².